The van der Waals surface area contributed by atoms with Gasteiger partial charge in [0.25, 0.3) is 0 Å². The number of anilines is 2. The highest BCUT2D eigenvalue weighted by molar-refractivity contribution is 7.84. The van der Waals surface area contributed by atoms with Crippen molar-refractivity contribution in [2.24, 2.45) is 7.05 Å². The molecule has 8 nitrogen and oxygen atoms in total. The van der Waals surface area contributed by atoms with Crippen LogP contribution in [0.2, 0.25) is 0 Å². The number of piperidine rings is 1. The number of aromatic nitrogens is 5. The van der Waals surface area contributed by atoms with Crippen LogP contribution in [0.5, 0.6) is 0 Å². The molecular weight excluding hydrogens is 410 g/mol. The lowest BCUT2D eigenvalue weighted by molar-refractivity contribution is 0.455. The van der Waals surface area contributed by atoms with Crippen molar-refractivity contribution in [2.75, 3.05) is 24.7 Å². The quantitative estimate of drug-likeness (QED) is 0.501. The summed E-state index contributed by atoms with van der Waals surface area (Å²) in [6.45, 7) is 1.97. The predicted octanol–water partition coefficient (Wildman–Crippen LogP) is 3.08. The van der Waals surface area contributed by atoms with E-state index in [1.165, 1.54) is 0 Å². The van der Waals surface area contributed by atoms with E-state index in [-0.39, 0.29) is 0 Å². The first-order chi connectivity index (χ1) is 15.1. The van der Waals surface area contributed by atoms with Gasteiger partial charge in [-0.1, -0.05) is 6.07 Å². The molecule has 0 radical (unpaired) electrons. The lowest BCUT2D eigenvalue weighted by Crippen LogP contribution is -2.29. The van der Waals surface area contributed by atoms with Crippen LogP contribution in [-0.4, -0.2) is 47.9 Å². The van der Waals surface area contributed by atoms with E-state index in [0.29, 0.717) is 5.92 Å². The number of fused-ring (bicyclic) bond motifs is 1. The van der Waals surface area contributed by atoms with Gasteiger partial charge in [0.05, 0.1) is 18.1 Å². The van der Waals surface area contributed by atoms with Crippen molar-refractivity contribution in [1.29, 1.82) is 0 Å². The van der Waals surface area contributed by atoms with Crippen LogP contribution in [0.25, 0.3) is 16.8 Å². The van der Waals surface area contributed by atoms with Crippen LogP contribution >= 0.6 is 0 Å². The normalized spacial score (nSPS) is 17.7. The number of benzene rings is 1. The summed E-state index contributed by atoms with van der Waals surface area (Å²) >= 11 is 0. The largest absolute Gasteiger partial charge is 0.340 e. The van der Waals surface area contributed by atoms with E-state index < -0.39 is 10.8 Å². The number of aryl methyl sites for hydroxylation is 1. The first-order valence-corrected chi connectivity index (χ1v) is 11.9. The van der Waals surface area contributed by atoms with Crippen LogP contribution in [0.15, 0.2) is 53.8 Å². The molecule has 1 fully saturated rings. The van der Waals surface area contributed by atoms with E-state index in [1.807, 2.05) is 54.4 Å². The zero-order valence-electron chi connectivity index (χ0n) is 17.6. The van der Waals surface area contributed by atoms with Crippen LogP contribution in [0, 0.1) is 0 Å². The number of nitrogens with zero attached hydrogens (tertiary/aromatic N) is 5. The van der Waals surface area contributed by atoms with Gasteiger partial charge in [-0.2, -0.15) is 14.7 Å². The van der Waals surface area contributed by atoms with E-state index >= 15 is 0 Å². The summed E-state index contributed by atoms with van der Waals surface area (Å²) in [6, 6.07) is 9.75. The van der Waals surface area contributed by atoms with Gasteiger partial charge < -0.3 is 10.6 Å². The monoisotopic (exact) mass is 435 g/mol. The predicted molar refractivity (Wildman–Crippen MR) is 122 cm³/mol. The lowest BCUT2D eigenvalue weighted by Gasteiger charge is -2.23. The summed E-state index contributed by atoms with van der Waals surface area (Å²) in [7, 11) is 0.859. The molecule has 4 aromatic rings. The standard InChI is InChI=1S/C22H25N7OS/c1-28-14-16(12-24-28)19-13-25-29-21(26-17-6-3-7-18(9-17)31(2)30)10-20(27-22(19)29)15-5-4-8-23-11-15/h3,6-7,9-10,12-15,23,26H,4-5,8,11H2,1-2H3. The van der Waals surface area contributed by atoms with Crippen molar-refractivity contribution in [2.45, 2.75) is 23.7 Å². The Bertz CT molecular complexity index is 1260. The minimum absolute atomic E-state index is 0.352. The average molecular weight is 436 g/mol. The molecule has 3 aromatic heterocycles. The first-order valence-electron chi connectivity index (χ1n) is 10.4. The molecule has 2 atom stereocenters. The SMILES string of the molecule is Cn1cc(-c2cnn3c(Nc4cccc(S(C)=O)c4)cc(C4CCCNC4)nc23)cn1. The molecule has 5 rings (SSSR count). The molecule has 0 spiro atoms. The maximum absolute atomic E-state index is 11.9. The Morgan fingerprint density at radius 1 is 1.23 bits per heavy atom. The summed E-state index contributed by atoms with van der Waals surface area (Å²) in [5.41, 5.74) is 4.65. The molecule has 1 aromatic carbocycles. The zero-order chi connectivity index (χ0) is 21.4. The Labute approximate surface area is 183 Å². The van der Waals surface area contributed by atoms with Crippen LogP contribution < -0.4 is 10.6 Å². The molecular formula is C22H25N7OS. The number of hydrogen-bond donors (Lipinski definition) is 2. The van der Waals surface area contributed by atoms with Gasteiger partial charge in [0, 0.05) is 70.5 Å². The third kappa shape index (κ3) is 3.98. The molecule has 1 aliphatic heterocycles. The fourth-order valence-electron chi connectivity index (χ4n) is 4.05. The van der Waals surface area contributed by atoms with Gasteiger partial charge >= 0.3 is 0 Å². The van der Waals surface area contributed by atoms with E-state index in [2.05, 4.69) is 26.9 Å². The second-order valence-corrected chi connectivity index (χ2v) is 9.29. The highest BCUT2D eigenvalue weighted by atomic mass is 32.2. The first kappa shape index (κ1) is 19.9. The van der Waals surface area contributed by atoms with Crippen molar-refractivity contribution in [3.8, 4) is 11.1 Å². The topological polar surface area (TPSA) is 89.1 Å². The maximum atomic E-state index is 11.9. The Balaban J connectivity index is 1.62. The van der Waals surface area contributed by atoms with Gasteiger partial charge in [-0.3, -0.25) is 8.89 Å². The second kappa shape index (κ2) is 8.24. The molecule has 9 heteroatoms. The Morgan fingerprint density at radius 3 is 2.87 bits per heavy atom. The van der Waals surface area contributed by atoms with Gasteiger partial charge in [0.2, 0.25) is 0 Å². The molecule has 4 heterocycles. The van der Waals surface area contributed by atoms with Crippen LogP contribution in [-0.2, 0) is 17.8 Å². The van der Waals surface area contributed by atoms with Crippen LogP contribution in [0.1, 0.15) is 24.5 Å². The van der Waals surface area contributed by atoms with Gasteiger partial charge in [-0.05, 0) is 37.6 Å². The third-order valence-electron chi connectivity index (χ3n) is 5.66. The minimum Gasteiger partial charge on any atom is -0.340 e. The number of hydrogen-bond acceptors (Lipinski definition) is 6. The van der Waals surface area contributed by atoms with E-state index in [9.17, 15) is 4.21 Å². The van der Waals surface area contributed by atoms with Gasteiger partial charge in [-0.15, -0.1) is 0 Å². The Hall–Kier alpha value is -3.04. The highest BCUT2D eigenvalue weighted by Gasteiger charge is 2.21. The average Bonchev–Trinajstić information content (AvgIpc) is 3.40. The fourth-order valence-corrected chi connectivity index (χ4v) is 4.61. The molecule has 1 aliphatic rings. The molecule has 2 unspecified atom stereocenters. The molecule has 2 N–H and O–H groups in total. The van der Waals surface area contributed by atoms with Crippen molar-refractivity contribution >= 4 is 28.0 Å². The van der Waals surface area contributed by atoms with E-state index in [4.69, 9.17) is 4.98 Å². The molecule has 0 amide bonds. The summed E-state index contributed by atoms with van der Waals surface area (Å²) < 4.78 is 15.5. The minimum atomic E-state index is -1.04. The Kier molecular flexibility index (Phi) is 5.29. The highest BCUT2D eigenvalue weighted by Crippen LogP contribution is 2.31. The summed E-state index contributed by atoms with van der Waals surface area (Å²) in [5.74, 6) is 1.19. The summed E-state index contributed by atoms with van der Waals surface area (Å²) in [6.07, 6.45) is 9.58. The third-order valence-corrected chi connectivity index (χ3v) is 6.58. The van der Waals surface area contributed by atoms with E-state index in [1.54, 1.807) is 10.9 Å². The molecule has 31 heavy (non-hydrogen) atoms. The smallest absolute Gasteiger partial charge is 0.165 e. The van der Waals surface area contributed by atoms with Crippen LogP contribution in [0.3, 0.4) is 0 Å². The zero-order valence-corrected chi connectivity index (χ0v) is 18.4. The van der Waals surface area contributed by atoms with Crippen molar-refractivity contribution in [3.05, 3.63) is 54.6 Å². The van der Waals surface area contributed by atoms with Crippen molar-refractivity contribution in [3.63, 3.8) is 0 Å². The molecule has 160 valence electrons. The van der Waals surface area contributed by atoms with E-state index in [0.717, 1.165) is 64.8 Å². The lowest BCUT2D eigenvalue weighted by atomic mass is 9.96. The summed E-state index contributed by atoms with van der Waals surface area (Å²) in [4.78, 5) is 5.81. The van der Waals surface area contributed by atoms with Crippen molar-refractivity contribution < 1.29 is 4.21 Å². The van der Waals surface area contributed by atoms with Crippen LogP contribution in [0.4, 0.5) is 11.5 Å². The maximum Gasteiger partial charge on any atom is 0.165 e. The molecule has 0 bridgehead atoms. The number of nitrogens with one attached hydrogen (secondary N) is 2. The van der Waals surface area contributed by atoms with Gasteiger partial charge in [0.15, 0.2) is 5.65 Å². The Morgan fingerprint density at radius 2 is 2.13 bits per heavy atom. The molecule has 0 aliphatic carbocycles. The molecule has 1 saturated heterocycles. The number of rotatable bonds is 5. The molecule has 0 saturated carbocycles. The van der Waals surface area contributed by atoms with Gasteiger partial charge in [0.1, 0.15) is 5.82 Å². The fraction of sp³-hybridized carbons (Fsp3) is 0.318. The van der Waals surface area contributed by atoms with Crippen molar-refractivity contribution in [1.82, 2.24) is 29.7 Å². The van der Waals surface area contributed by atoms with Gasteiger partial charge in [-0.25, -0.2) is 4.98 Å². The summed E-state index contributed by atoms with van der Waals surface area (Å²) in [5, 5.41) is 15.9. The second-order valence-electron chi connectivity index (χ2n) is 7.91.